The summed E-state index contributed by atoms with van der Waals surface area (Å²) in [5.41, 5.74) is 2.15. The molecule has 0 atom stereocenters. The third-order valence-corrected chi connectivity index (χ3v) is 3.03. The second-order valence-electron chi connectivity index (χ2n) is 4.41. The molecule has 0 saturated heterocycles. The fourth-order valence-corrected chi connectivity index (χ4v) is 1.84. The minimum Gasteiger partial charge on any atom is -0.508 e. The second-order valence-corrected chi connectivity index (χ2v) is 4.41. The van der Waals surface area contributed by atoms with Crippen LogP contribution in [0.4, 0.5) is 5.69 Å². The van der Waals surface area contributed by atoms with Gasteiger partial charge in [0.05, 0.1) is 12.5 Å². The van der Waals surface area contributed by atoms with Crippen molar-refractivity contribution in [2.75, 3.05) is 11.9 Å². The molecular formula is C16H14N2O2. The number of phenols is 1. The topological polar surface area (TPSA) is 64.3 Å². The van der Waals surface area contributed by atoms with Crippen molar-refractivity contribution in [1.29, 1.82) is 5.26 Å². The minimum absolute atomic E-state index is 0.140. The van der Waals surface area contributed by atoms with E-state index in [-0.39, 0.29) is 11.7 Å². The molecule has 0 fully saturated rings. The van der Waals surface area contributed by atoms with Crippen molar-refractivity contribution in [3.8, 4) is 11.8 Å². The first-order valence-corrected chi connectivity index (χ1v) is 6.15. The molecule has 0 saturated carbocycles. The Morgan fingerprint density at radius 1 is 1.15 bits per heavy atom. The number of aromatic hydroxyl groups is 1. The number of carbonyl (C=O) groups is 1. The number of rotatable bonds is 3. The summed E-state index contributed by atoms with van der Waals surface area (Å²) in [6.45, 7) is 0. The van der Waals surface area contributed by atoms with Crippen LogP contribution in [0.1, 0.15) is 15.9 Å². The van der Waals surface area contributed by atoms with Gasteiger partial charge in [-0.1, -0.05) is 12.1 Å². The van der Waals surface area contributed by atoms with Gasteiger partial charge in [0.15, 0.2) is 0 Å². The van der Waals surface area contributed by atoms with Gasteiger partial charge in [-0.2, -0.15) is 5.26 Å². The lowest BCUT2D eigenvalue weighted by molar-refractivity contribution is 0.0993. The summed E-state index contributed by atoms with van der Waals surface area (Å²) in [6.07, 6.45) is 0.336. The number of amides is 1. The van der Waals surface area contributed by atoms with Crippen molar-refractivity contribution in [2.45, 2.75) is 6.42 Å². The van der Waals surface area contributed by atoms with E-state index < -0.39 is 0 Å². The van der Waals surface area contributed by atoms with Crippen molar-refractivity contribution >= 4 is 11.6 Å². The third kappa shape index (κ3) is 2.96. The van der Waals surface area contributed by atoms with Crippen LogP contribution in [0.2, 0.25) is 0 Å². The highest BCUT2D eigenvalue weighted by Crippen LogP contribution is 2.19. The summed E-state index contributed by atoms with van der Waals surface area (Å²) in [6, 6.07) is 15.5. The van der Waals surface area contributed by atoms with Crippen LogP contribution in [-0.4, -0.2) is 18.1 Å². The van der Waals surface area contributed by atoms with Crippen LogP contribution in [0, 0.1) is 11.3 Å². The first-order chi connectivity index (χ1) is 9.61. The maximum atomic E-state index is 12.3. The predicted octanol–water partition coefficient (Wildman–Crippen LogP) is 2.73. The number of hydrogen-bond acceptors (Lipinski definition) is 3. The number of phenolic OH excluding ortho intramolecular Hbond substituents is 1. The van der Waals surface area contributed by atoms with Crippen molar-refractivity contribution in [2.24, 2.45) is 0 Å². The molecule has 4 nitrogen and oxygen atoms in total. The van der Waals surface area contributed by atoms with Gasteiger partial charge in [-0.3, -0.25) is 4.79 Å². The second kappa shape index (κ2) is 5.89. The standard InChI is InChI=1S/C16H14N2O2/c1-18(14-6-8-15(19)9-7-14)16(20)13-4-2-12(3-5-13)10-11-17/h2-9,19H,10H2,1H3. The molecule has 2 aromatic rings. The molecule has 1 amide bonds. The highest BCUT2D eigenvalue weighted by Gasteiger charge is 2.13. The Labute approximate surface area is 117 Å². The van der Waals surface area contributed by atoms with E-state index in [2.05, 4.69) is 6.07 Å². The molecule has 2 aromatic carbocycles. The first-order valence-electron chi connectivity index (χ1n) is 6.15. The average Bonchev–Trinajstić information content (AvgIpc) is 2.48. The lowest BCUT2D eigenvalue weighted by atomic mass is 10.1. The molecule has 1 N–H and O–H groups in total. The third-order valence-electron chi connectivity index (χ3n) is 3.03. The van der Waals surface area contributed by atoms with Gasteiger partial charge in [-0.05, 0) is 42.0 Å². The van der Waals surface area contributed by atoms with Crippen molar-refractivity contribution < 1.29 is 9.90 Å². The number of nitriles is 1. The van der Waals surface area contributed by atoms with Crippen LogP contribution in [0.25, 0.3) is 0 Å². The molecule has 0 aliphatic rings. The highest BCUT2D eigenvalue weighted by molar-refractivity contribution is 6.05. The molecular weight excluding hydrogens is 252 g/mol. The number of carbonyl (C=O) groups excluding carboxylic acids is 1. The Hall–Kier alpha value is -2.80. The van der Waals surface area contributed by atoms with Gasteiger partial charge in [0, 0.05) is 18.3 Å². The van der Waals surface area contributed by atoms with Crippen LogP contribution < -0.4 is 4.90 Å². The maximum absolute atomic E-state index is 12.3. The summed E-state index contributed by atoms with van der Waals surface area (Å²) in [7, 11) is 1.68. The highest BCUT2D eigenvalue weighted by atomic mass is 16.3. The van der Waals surface area contributed by atoms with E-state index in [0.717, 1.165) is 5.56 Å². The van der Waals surface area contributed by atoms with Gasteiger partial charge in [0.2, 0.25) is 0 Å². The van der Waals surface area contributed by atoms with E-state index in [1.54, 1.807) is 43.4 Å². The zero-order chi connectivity index (χ0) is 14.5. The quantitative estimate of drug-likeness (QED) is 0.929. The Balaban J connectivity index is 2.18. The number of nitrogens with zero attached hydrogens (tertiary/aromatic N) is 2. The summed E-state index contributed by atoms with van der Waals surface area (Å²) in [5, 5.41) is 17.9. The molecule has 0 bridgehead atoms. The van der Waals surface area contributed by atoms with E-state index in [9.17, 15) is 9.90 Å². The van der Waals surface area contributed by atoms with Gasteiger partial charge in [-0.15, -0.1) is 0 Å². The number of hydrogen-bond donors (Lipinski definition) is 1. The van der Waals surface area contributed by atoms with Crippen LogP contribution >= 0.6 is 0 Å². The molecule has 20 heavy (non-hydrogen) atoms. The monoisotopic (exact) mass is 266 g/mol. The van der Waals surface area contributed by atoms with Gasteiger partial charge in [-0.25, -0.2) is 0 Å². The summed E-state index contributed by atoms with van der Waals surface area (Å²) in [4.78, 5) is 13.8. The van der Waals surface area contributed by atoms with Crippen molar-refractivity contribution in [1.82, 2.24) is 0 Å². The maximum Gasteiger partial charge on any atom is 0.258 e. The average molecular weight is 266 g/mol. The largest absolute Gasteiger partial charge is 0.508 e. The Morgan fingerprint density at radius 3 is 2.30 bits per heavy atom. The van der Waals surface area contributed by atoms with Crippen molar-refractivity contribution in [3.63, 3.8) is 0 Å². The lowest BCUT2D eigenvalue weighted by Gasteiger charge is -2.17. The van der Waals surface area contributed by atoms with Crippen LogP contribution in [0.5, 0.6) is 5.75 Å². The van der Waals surface area contributed by atoms with E-state index in [1.165, 1.54) is 17.0 Å². The minimum atomic E-state index is -0.140. The predicted molar refractivity (Wildman–Crippen MR) is 76.6 cm³/mol. The molecule has 100 valence electrons. The summed E-state index contributed by atoms with van der Waals surface area (Å²) < 4.78 is 0. The van der Waals surface area contributed by atoms with E-state index >= 15 is 0 Å². The molecule has 0 aliphatic heterocycles. The fourth-order valence-electron chi connectivity index (χ4n) is 1.84. The molecule has 2 rings (SSSR count). The van der Waals surface area contributed by atoms with E-state index in [0.29, 0.717) is 17.7 Å². The normalized spacial score (nSPS) is 9.80. The SMILES string of the molecule is CN(C(=O)c1ccc(CC#N)cc1)c1ccc(O)cc1. The summed E-state index contributed by atoms with van der Waals surface area (Å²) >= 11 is 0. The van der Waals surface area contributed by atoms with Gasteiger partial charge in [0.1, 0.15) is 5.75 Å². The Kier molecular flexibility index (Phi) is 4.02. The molecule has 0 unspecified atom stereocenters. The molecule has 4 heteroatoms. The first kappa shape index (κ1) is 13.6. The van der Waals surface area contributed by atoms with E-state index in [1.807, 2.05) is 0 Å². The molecule has 0 spiro atoms. The van der Waals surface area contributed by atoms with Crippen LogP contribution in [0.15, 0.2) is 48.5 Å². The van der Waals surface area contributed by atoms with Crippen molar-refractivity contribution in [3.05, 3.63) is 59.7 Å². The molecule has 0 aromatic heterocycles. The van der Waals surface area contributed by atoms with Gasteiger partial charge >= 0.3 is 0 Å². The Morgan fingerprint density at radius 2 is 1.75 bits per heavy atom. The van der Waals surface area contributed by atoms with Gasteiger partial charge < -0.3 is 10.0 Å². The number of benzene rings is 2. The van der Waals surface area contributed by atoms with E-state index in [4.69, 9.17) is 5.26 Å². The number of anilines is 1. The van der Waals surface area contributed by atoms with Gasteiger partial charge in [0.25, 0.3) is 5.91 Å². The Bertz CT molecular complexity index is 640. The van der Waals surface area contributed by atoms with Crippen LogP contribution in [-0.2, 0) is 6.42 Å². The van der Waals surface area contributed by atoms with Crippen LogP contribution in [0.3, 0.4) is 0 Å². The molecule has 0 aliphatic carbocycles. The fraction of sp³-hybridized carbons (Fsp3) is 0.125. The smallest absolute Gasteiger partial charge is 0.258 e. The zero-order valence-corrected chi connectivity index (χ0v) is 11.1. The molecule has 0 heterocycles. The molecule has 0 radical (unpaired) electrons. The lowest BCUT2D eigenvalue weighted by Crippen LogP contribution is -2.26. The summed E-state index contributed by atoms with van der Waals surface area (Å²) in [5.74, 6) is 0.0228. The zero-order valence-electron chi connectivity index (χ0n) is 11.1.